The number of nitrogens with one attached hydrogen (secondary N) is 1. The SMILES string of the molecule is CON=C(C(=O)N[C@@H]1C(=O)N2C(C(=O)S)=C(C3CCN=C3N)CS[C@H]12)c1csc(N)n1.Cl.Cl. The number of rotatable bonds is 6. The molecular weight excluding hydrogens is 533 g/mol. The molecule has 16 heteroatoms. The summed E-state index contributed by atoms with van der Waals surface area (Å²) >= 11 is 6.57. The summed E-state index contributed by atoms with van der Waals surface area (Å²) in [6.07, 6.45) is 0.687. The molecule has 5 N–H and O–H groups in total. The van der Waals surface area contributed by atoms with E-state index in [4.69, 9.17) is 16.3 Å². The van der Waals surface area contributed by atoms with E-state index in [1.54, 1.807) is 5.38 Å². The van der Waals surface area contributed by atoms with Crippen molar-refractivity contribution in [3.63, 3.8) is 0 Å². The number of aliphatic imine (C=N–C) groups is 1. The second kappa shape index (κ2) is 11.0. The summed E-state index contributed by atoms with van der Waals surface area (Å²) in [5.41, 5.74) is 12.7. The molecule has 1 aromatic rings. The van der Waals surface area contributed by atoms with Gasteiger partial charge in [-0.2, -0.15) is 0 Å². The number of aromatic nitrogens is 1. The van der Waals surface area contributed by atoms with Gasteiger partial charge in [-0.05, 0) is 12.0 Å². The topological polar surface area (TPSA) is 165 Å². The highest BCUT2D eigenvalue weighted by Crippen LogP contribution is 2.44. The number of nitrogens with zero attached hydrogens (tertiary/aromatic N) is 4. The summed E-state index contributed by atoms with van der Waals surface area (Å²) in [6.45, 7) is 0.581. The van der Waals surface area contributed by atoms with E-state index < -0.39 is 28.3 Å². The number of amides is 2. The number of anilines is 1. The number of carbonyl (C=O) groups is 3. The van der Waals surface area contributed by atoms with Gasteiger partial charge in [-0.3, -0.25) is 24.3 Å². The van der Waals surface area contributed by atoms with Crippen molar-refractivity contribution in [1.29, 1.82) is 0 Å². The predicted molar refractivity (Wildman–Crippen MR) is 135 cm³/mol. The molecule has 0 saturated carbocycles. The fourth-order valence-electron chi connectivity index (χ4n) is 3.74. The lowest BCUT2D eigenvalue weighted by Crippen LogP contribution is -2.71. The quantitative estimate of drug-likeness (QED) is 0.170. The average Bonchev–Trinajstić information content (AvgIpc) is 3.36. The molecule has 0 radical (unpaired) electrons. The van der Waals surface area contributed by atoms with E-state index in [1.807, 2.05) is 0 Å². The number of thiazole rings is 1. The largest absolute Gasteiger partial charge is 0.398 e. The maximum atomic E-state index is 12.9. The van der Waals surface area contributed by atoms with Crippen molar-refractivity contribution in [2.45, 2.75) is 17.8 Å². The van der Waals surface area contributed by atoms with Crippen LogP contribution in [0, 0.1) is 5.92 Å². The monoisotopic (exact) mass is 553 g/mol. The van der Waals surface area contributed by atoms with Gasteiger partial charge in [0.05, 0.1) is 5.70 Å². The van der Waals surface area contributed by atoms with E-state index in [-0.39, 0.29) is 53.0 Å². The molecule has 1 saturated heterocycles. The van der Waals surface area contributed by atoms with Crippen LogP contribution in [-0.2, 0) is 19.2 Å². The van der Waals surface area contributed by atoms with Crippen molar-refractivity contribution >= 4 is 94.2 Å². The molecule has 4 heterocycles. The number of β-lactam (4-membered cyclic amide) rings is 1. The van der Waals surface area contributed by atoms with Gasteiger partial charge < -0.3 is 21.6 Å². The molecule has 0 aliphatic carbocycles. The van der Waals surface area contributed by atoms with Crippen LogP contribution in [0.15, 0.2) is 26.8 Å². The molecule has 0 spiro atoms. The molecule has 0 aromatic carbocycles. The molecule has 1 unspecified atom stereocenters. The smallest absolute Gasteiger partial charge is 0.276 e. The van der Waals surface area contributed by atoms with Crippen LogP contribution in [0.5, 0.6) is 0 Å². The highest BCUT2D eigenvalue weighted by molar-refractivity contribution is 8.00. The Morgan fingerprint density at radius 1 is 1.36 bits per heavy atom. The van der Waals surface area contributed by atoms with Crippen LogP contribution in [0.25, 0.3) is 0 Å². The minimum absolute atomic E-state index is 0. The Hall–Kier alpha value is -2.00. The minimum Gasteiger partial charge on any atom is -0.398 e. The van der Waals surface area contributed by atoms with Crippen molar-refractivity contribution < 1.29 is 19.2 Å². The van der Waals surface area contributed by atoms with E-state index in [0.29, 0.717) is 24.6 Å². The molecule has 3 atom stereocenters. The van der Waals surface area contributed by atoms with Gasteiger partial charge in [0.1, 0.15) is 30.1 Å². The van der Waals surface area contributed by atoms with Crippen LogP contribution in [0.3, 0.4) is 0 Å². The summed E-state index contributed by atoms with van der Waals surface area (Å²) in [4.78, 5) is 52.4. The Morgan fingerprint density at radius 2 is 2.09 bits per heavy atom. The van der Waals surface area contributed by atoms with Crippen LogP contribution >= 0.6 is 60.5 Å². The molecule has 33 heavy (non-hydrogen) atoms. The van der Waals surface area contributed by atoms with E-state index in [2.05, 4.69) is 33.1 Å². The van der Waals surface area contributed by atoms with Crippen LogP contribution in [0.2, 0.25) is 0 Å². The zero-order valence-corrected chi connectivity index (χ0v) is 21.2. The third-order valence-corrected chi connectivity index (χ3v) is 7.33. The third kappa shape index (κ3) is 4.94. The van der Waals surface area contributed by atoms with Gasteiger partial charge in [0.2, 0.25) is 5.12 Å². The zero-order valence-electron chi connectivity index (χ0n) is 17.1. The summed E-state index contributed by atoms with van der Waals surface area (Å²) in [6, 6.07) is -0.839. The first-order valence-electron chi connectivity index (χ1n) is 9.17. The summed E-state index contributed by atoms with van der Waals surface area (Å²) in [5.74, 6) is -0.293. The number of fused-ring (bicyclic) bond motifs is 1. The van der Waals surface area contributed by atoms with Gasteiger partial charge in [-0.25, -0.2) is 4.98 Å². The van der Waals surface area contributed by atoms with Gasteiger partial charge in [0, 0.05) is 23.6 Å². The molecule has 11 nitrogen and oxygen atoms in total. The third-order valence-electron chi connectivity index (χ3n) is 5.14. The Morgan fingerprint density at radius 3 is 2.64 bits per heavy atom. The maximum absolute atomic E-state index is 12.9. The Balaban J connectivity index is 0.00000193. The molecule has 0 bridgehead atoms. The fraction of sp³-hybridized carbons (Fsp3) is 0.412. The molecular formula is C17H21Cl2N7O4S3. The van der Waals surface area contributed by atoms with Crippen molar-refractivity contribution in [3.05, 3.63) is 22.3 Å². The van der Waals surface area contributed by atoms with Crippen LogP contribution in [0.1, 0.15) is 12.1 Å². The highest BCUT2D eigenvalue weighted by atomic mass is 35.5. The minimum atomic E-state index is -0.839. The number of nitrogen functional groups attached to an aromatic ring is 1. The lowest BCUT2D eigenvalue weighted by Gasteiger charge is -2.50. The molecule has 4 rings (SSSR count). The van der Waals surface area contributed by atoms with Crippen molar-refractivity contribution in [3.8, 4) is 0 Å². The second-order valence-electron chi connectivity index (χ2n) is 6.88. The van der Waals surface area contributed by atoms with E-state index in [0.717, 1.165) is 16.9 Å². The summed E-state index contributed by atoms with van der Waals surface area (Å²) < 4.78 is 0. The number of amidine groups is 1. The predicted octanol–water partition coefficient (Wildman–Crippen LogP) is 0.407. The Labute approximate surface area is 215 Å². The van der Waals surface area contributed by atoms with Gasteiger partial charge >= 0.3 is 0 Å². The molecule has 3 aliphatic rings. The number of nitrogens with two attached hydrogens (primary N) is 2. The number of thioether (sulfide) groups is 1. The van der Waals surface area contributed by atoms with Crippen molar-refractivity contribution in [2.75, 3.05) is 25.1 Å². The van der Waals surface area contributed by atoms with Gasteiger partial charge in [0.15, 0.2) is 10.8 Å². The maximum Gasteiger partial charge on any atom is 0.276 e. The van der Waals surface area contributed by atoms with Gasteiger partial charge in [-0.1, -0.05) is 17.8 Å². The standard InChI is InChI=1S/C17H19N7O4S3.2ClH/c1-28-23-9(8-5-31-17(19)21-8)13(25)22-10-14(26)24-11(16(27)29)7(4-30-15(10)24)6-2-3-20-12(6)18;;/h5-6,10,15H,2-4H2,1H3,(H2,18,20)(H2,19,21)(H,22,25)(H,27,29);2*1H/t6?,10-,15-;;/m1../s1. The highest BCUT2D eigenvalue weighted by Gasteiger charge is 2.54. The van der Waals surface area contributed by atoms with Crippen LogP contribution < -0.4 is 16.8 Å². The van der Waals surface area contributed by atoms with Crippen LogP contribution in [-0.4, -0.2) is 69.2 Å². The first-order valence-corrected chi connectivity index (χ1v) is 11.5. The molecule has 180 valence electrons. The average molecular weight is 555 g/mol. The molecule has 1 aromatic heterocycles. The number of carbonyl (C=O) groups excluding carboxylic acids is 3. The van der Waals surface area contributed by atoms with E-state index in [9.17, 15) is 14.4 Å². The van der Waals surface area contributed by atoms with E-state index >= 15 is 0 Å². The van der Waals surface area contributed by atoms with Crippen molar-refractivity contribution in [2.24, 2.45) is 21.8 Å². The zero-order chi connectivity index (χ0) is 22.3. The number of oxime groups is 1. The first-order chi connectivity index (χ1) is 14.8. The number of thiol groups is 1. The van der Waals surface area contributed by atoms with Gasteiger partial charge in [0.25, 0.3) is 11.8 Å². The van der Waals surface area contributed by atoms with E-state index in [1.165, 1.54) is 23.8 Å². The second-order valence-corrected chi connectivity index (χ2v) is 9.28. The summed E-state index contributed by atoms with van der Waals surface area (Å²) in [7, 11) is 1.30. The number of hydrogen-bond acceptors (Lipinski definition) is 11. The Kier molecular flexibility index (Phi) is 9.04. The molecule has 2 amide bonds. The molecule has 1 fully saturated rings. The van der Waals surface area contributed by atoms with Crippen molar-refractivity contribution in [1.82, 2.24) is 15.2 Å². The van der Waals surface area contributed by atoms with Gasteiger partial charge in [-0.15, -0.1) is 47.9 Å². The summed E-state index contributed by atoms with van der Waals surface area (Å²) in [5, 5.41) is 7.26. The lowest BCUT2D eigenvalue weighted by atomic mass is 9.93. The number of hydrogen-bond donors (Lipinski definition) is 4. The normalized spacial score (nSPS) is 24.1. The Bertz CT molecular complexity index is 1060. The fourth-order valence-corrected chi connectivity index (χ4v) is 5.97. The molecule has 3 aliphatic heterocycles. The van der Waals surface area contributed by atoms with Crippen LogP contribution in [0.4, 0.5) is 5.13 Å². The lowest BCUT2D eigenvalue weighted by molar-refractivity contribution is -0.146. The first kappa shape index (κ1) is 27.2. The number of halogens is 2.